The van der Waals surface area contributed by atoms with E-state index in [0.717, 1.165) is 5.56 Å². The fraction of sp³-hybridized carbons (Fsp3) is 0.364. The van der Waals surface area contributed by atoms with Gasteiger partial charge in [-0.25, -0.2) is 9.18 Å². The summed E-state index contributed by atoms with van der Waals surface area (Å²) in [7, 11) is 0. The fourth-order valence-corrected chi connectivity index (χ4v) is 1.34. The normalized spacial score (nSPS) is 12.1. The summed E-state index contributed by atoms with van der Waals surface area (Å²) in [6, 6.07) is 5.89. The Hall–Kier alpha value is -1.62. The minimum Gasteiger partial charge on any atom is -0.352 e. The molecule has 4 N–H and O–H groups in total. The largest absolute Gasteiger partial charge is 0.352 e. The maximum Gasteiger partial charge on any atom is 0.312 e. The summed E-state index contributed by atoms with van der Waals surface area (Å²) in [5, 5.41) is 5.66. The topological polar surface area (TPSA) is 67.2 Å². The number of hydrogen-bond acceptors (Lipinski definition) is 2. The highest BCUT2D eigenvalue weighted by atomic mass is 19.1. The van der Waals surface area contributed by atoms with E-state index in [4.69, 9.17) is 5.73 Å². The van der Waals surface area contributed by atoms with Gasteiger partial charge in [0.05, 0.1) is 0 Å². The molecule has 0 spiro atoms. The van der Waals surface area contributed by atoms with Gasteiger partial charge in [0.25, 0.3) is 0 Å². The number of primary amides is 1. The first-order valence-corrected chi connectivity index (χ1v) is 5.11. The molecule has 1 rings (SSSR count). The predicted octanol–water partition coefficient (Wildman–Crippen LogP) is 1.14. The minimum atomic E-state index is -0.531. The van der Waals surface area contributed by atoms with Gasteiger partial charge in [0.15, 0.2) is 0 Å². The van der Waals surface area contributed by atoms with Crippen LogP contribution < -0.4 is 16.4 Å². The van der Waals surface area contributed by atoms with Crippen LogP contribution in [0.25, 0.3) is 0 Å². The van der Waals surface area contributed by atoms with Gasteiger partial charge >= 0.3 is 6.03 Å². The molecule has 88 valence electrons. The van der Waals surface area contributed by atoms with Gasteiger partial charge in [-0.2, -0.15) is 0 Å². The van der Waals surface area contributed by atoms with Crippen LogP contribution in [0, 0.1) is 5.82 Å². The number of nitrogens with one attached hydrogen (secondary N) is 2. The van der Waals surface area contributed by atoms with Gasteiger partial charge in [0.1, 0.15) is 5.82 Å². The quantitative estimate of drug-likeness (QED) is 0.658. The average molecular weight is 225 g/mol. The van der Waals surface area contributed by atoms with Gasteiger partial charge in [0.2, 0.25) is 0 Å². The van der Waals surface area contributed by atoms with Crippen molar-refractivity contribution in [3.63, 3.8) is 0 Å². The lowest BCUT2D eigenvalue weighted by molar-refractivity contribution is 0.249. The molecule has 2 amide bonds. The van der Waals surface area contributed by atoms with Gasteiger partial charge in [-0.15, -0.1) is 0 Å². The number of hydrogen-bond donors (Lipinski definition) is 3. The first-order valence-electron chi connectivity index (χ1n) is 5.11. The molecule has 0 bridgehead atoms. The van der Waals surface area contributed by atoms with Crippen molar-refractivity contribution < 1.29 is 9.18 Å². The molecule has 1 atom stereocenters. The van der Waals surface area contributed by atoms with Gasteiger partial charge in [-0.1, -0.05) is 12.1 Å². The van der Waals surface area contributed by atoms with E-state index in [1.807, 2.05) is 6.92 Å². The lowest BCUT2D eigenvalue weighted by atomic mass is 10.1. The maximum absolute atomic E-state index is 12.7. The van der Waals surface area contributed by atoms with Crippen molar-refractivity contribution in [3.05, 3.63) is 35.6 Å². The molecule has 0 saturated heterocycles. The zero-order chi connectivity index (χ0) is 12.0. The second kappa shape index (κ2) is 6.07. The molecule has 0 heterocycles. The second-order valence-corrected chi connectivity index (χ2v) is 3.52. The Morgan fingerprint density at radius 3 is 2.56 bits per heavy atom. The molecule has 1 aromatic rings. The standard InChI is InChI=1S/C11H16FN3O/c1-8(14-6-7-15-11(13)16)9-2-4-10(12)5-3-9/h2-5,8,14H,6-7H2,1H3,(H3,13,15,16). The lowest BCUT2D eigenvalue weighted by Gasteiger charge is -2.14. The van der Waals surface area contributed by atoms with Crippen molar-refractivity contribution in [1.29, 1.82) is 0 Å². The molecule has 5 heteroatoms. The number of halogens is 1. The van der Waals surface area contributed by atoms with E-state index in [9.17, 15) is 9.18 Å². The Morgan fingerprint density at radius 2 is 2.00 bits per heavy atom. The van der Waals surface area contributed by atoms with Crippen molar-refractivity contribution >= 4 is 6.03 Å². The van der Waals surface area contributed by atoms with E-state index in [1.54, 1.807) is 12.1 Å². The molecule has 0 aliphatic rings. The lowest BCUT2D eigenvalue weighted by Crippen LogP contribution is -2.35. The van der Waals surface area contributed by atoms with Crippen molar-refractivity contribution in [2.24, 2.45) is 5.73 Å². The molecule has 4 nitrogen and oxygen atoms in total. The van der Waals surface area contributed by atoms with E-state index in [0.29, 0.717) is 13.1 Å². The van der Waals surface area contributed by atoms with Crippen LogP contribution in [0.1, 0.15) is 18.5 Å². The highest BCUT2D eigenvalue weighted by molar-refractivity contribution is 5.71. The van der Waals surface area contributed by atoms with Crippen molar-refractivity contribution in [2.45, 2.75) is 13.0 Å². The third-order valence-corrected chi connectivity index (χ3v) is 2.24. The van der Waals surface area contributed by atoms with Crippen molar-refractivity contribution in [1.82, 2.24) is 10.6 Å². The van der Waals surface area contributed by atoms with Crippen LogP contribution in [0.5, 0.6) is 0 Å². The van der Waals surface area contributed by atoms with Gasteiger partial charge < -0.3 is 16.4 Å². The molecule has 0 aliphatic heterocycles. The van der Waals surface area contributed by atoms with Crippen molar-refractivity contribution in [3.8, 4) is 0 Å². The summed E-state index contributed by atoms with van der Waals surface area (Å²) in [6.45, 7) is 3.06. The van der Waals surface area contributed by atoms with Gasteiger partial charge in [-0.3, -0.25) is 0 Å². The van der Waals surface area contributed by atoms with Crippen LogP contribution in [-0.2, 0) is 0 Å². The Labute approximate surface area is 94.0 Å². The van der Waals surface area contributed by atoms with Crippen LogP contribution in [0.3, 0.4) is 0 Å². The molecular formula is C11H16FN3O. The van der Waals surface area contributed by atoms with Crippen LogP contribution >= 0.6 is 0 Å². The third-order valence-electron chi connectivity index (χ3n) is 2.24. The number of rotatable bonds is 5. The molecular weight excluding hydrogens is 209 g/mol. The van der Waals surface area contributed by atoms with E-state index in [-0.39, 0.29) is 11.9 Å². The Balaban J connectivity index is 2.32. The number of carbonyl (C=O) groups is 1. The van der Waals surface area contributed by atoms with Crippen molar-refractivity contribution in [2.75, 3.05) is 13.1 Å². The van der Waals surface area contributed by atoms with Crippen LogP contribution in [0.4, 0.5) is 9.18 Å². The van der Waals surface area contributed by atoms with E-state index < -0.39 is 6.03 Å². The maximum atomic E-state index is 12.7. The number of nitrogens with two attached hydrogens (primary N) is 1. The minimum absolute atomic E-state index is 0.107. The third kappa shape index (κ3) is 4.27. The van der Waals surface area contributed by atoms with Gasteiger partial charge in [-0.05, 0) is 24.6 Å². The monoisotopic (exact) mass is 225 g/mol. The van der Waals surface area contributed by atoms with Crippen LogP contribution in [0.15, 0.2) is 24.3 Å². The van der Waals surface area contributed by atoms with Gasteiger partial charge in [0, 0.05) is 19.1 Å². The number of amides is 2. The summed E-state index contributed by atoms with van der Waals surface area (Å²) in [6.07, 6.45) is 0. The zero-order valence-electron chi connectivity index (χ0n) is 9.16. The first-order chi connectivity index (χ1) is 7.59. The van der Waals surface area contributed by atoms with Crippen LogP contribution in [0.2, 0.25) is 0 Å². The summed E-state index contributed by atoms with van der Waals surface area (Å²) < 4.78 is 12.7. The Morgan fingerprint density at radius 1 is 1.38 bits per heavy atom. The number of carbonyl (C=O) groups excluding carboxylic acids is 1. The smallest absolute Gasteiger partial charge is 0.312 e. The fourth-order valence-electron chi connectivity index (χ4n) is 1.34. The molecule has 1 unspecified atom stereocenters. The highest BCUT2D eigenvalue weighted by Gasteiger charge is 2.03. The van der Waals surface area contributed by atoms with E-state index >= 15 is 0 Å². The summed E-state index contributed by atoms with van der Waals surface area (Å²) in [5.74, 6) is -0.244. The molecule has 0 saturated carbocycles. The predicted molar refractivity (Wildman–Crippen MR) is 60.4 cm³/mol. The summed E-state index contributed by atoms with van der Waals surface area (Å²) in [5.41, 5.74) is 5.92. The second-order valence-electron chi connectivity index (χ2n) is 3.52. The van der Waals surface area contributed by atoms with Crippen LogP contribution in [-0.4, -0.2) is 19.1 Å². The molecule has 0 fully saturated rings. The molecule has 1 aromatic carbocycles. The Bertz CT molecular complexity index is 340. The summed E-state index contributed by atoms with van der Waals surface area (Å²) >= 11 is 0. The highest BCUT2D eigenvalue weighted by Crippen LogP contribution is 2.11. The number of urea groups is 1. The molecule has 0 aromatic heterocycles. The molecule has 0 aliphatic carbocycles. The van der Waals surface area contributed by atoms with E-state index in [2.05, 4.69) is 10.6 Å². The SMILES string of the molecule is CC(NCCNC(N)=O)c1ccc(F)cc1. The zero-order valence-corrected chi connectivity index (χ0v) is 9.16. The molecule has 0 radical (unpaired) electrons. The summed E-state index contributed by atoms with van der Waals surface area (Å²) in [4.78, 5) is 10.4. The Kier molecular flexibility index (Phi) is 4.72. The number of benzene rings is 1. The molecule has 16 heavy (non-hydrogen) atoms. The van der Waals surface area contributed by atoms with E-state index in [1.165, 1.54) is 12.1 Å². The average Bonchev–Trinajstić information content (AvgIpc) is 2.25. The first kappa shape index (κ1) is 12.4.